The van der Waals surface area contributed by atoms with Crippen molar-refractivity contribution in [2.45, 2.75) is 18.7 Å². The predicted octanol–water partition coefficient (Wildman–Crippen LogP) is 6.51. The molecule has 2 heterocycles. The van der Waals surface area contributed by atoms with Crippen LogP contribution in [-0.2, 0) is 0 Å². The SMILES string of the molecule is Fc1ccc(C2Oc3ccc(Cl)cc3C3CC(c4ccc(Cl)cc4)=NN32)c(F)c1. The van der Waals surface area contributed by atoms with E-state index < -0.39 is 17.9 Å². The van der Waals surface area contributed by atoms with Crippen LogP contribution in [0, 0.1) is 11.6 Å². The minimum atomic E-state index is -0.820. The van der Waals surface area contributed by atoms with Gasteiger partial charge in [-0.05, 0) is 48.0 Å². The maximum atomic E-state index is 14.6. The average Bonchev–Trinajstić information content (AvgIpc) is 3.14. The van der Waals surface area contributed by atoms with Gasteiger partial charge in [-0.3, -0.25) is 0 Å². The average molecular weight is 431 g/mol. The Hall–Kier alpha value is -2.63. The second-order valence-electron chi connectivity index (χ2n) is 6.97. The molecule has 2 aliphatic heterocycles. The number of hydrogen-bond donors (Lipinski definition) is 0. The van der Waals surface area contributed by atoms with E-state index in [1.54, 1.807) is 29.3 Å². The Bertz CT molecular complexity index is 1130. The lowest BCUT2D eigenvalue weighted by Crippen LogP contribution is -2.34. The van der Waals surface area contributed by atoms with Gasteiger partial charge >= 0.3 is 0 Å². The lowest BCUT2D eigenvalue weighted by atomic mass is 9.96. The zero-order valence-corrected chi connectivity index (χ0v) is 16.5. The molecule has 0 saturated carbocycles. The summed E-state index contributed by atoms with van der Waals surface area (Å²) in [5, 5.41) is 7.68. The van der Waals surface area contributed by atoms with Gasteiger partial charge in [0.2, 0.25) is 6.23 Å². The molecular weight excluding hydrogens is 417 g/mol. The lowest BCUT2D eigenvalue weighted by Gasteiger charge is -2.38. The highest BCUT2D eigenvalue weighted by Crippen LogP contribution is 2.48. The molecule has 0 spiro atoms. The van der Waals surface area contributed by atoms with E-state index in [1.165, 1.54) is 12.1 Å². The molecular formula is C22H14Cl2F2N2O. The van der Waals surface area contributed by atoms with E-state index in [0.29, 0.717) is 22.2 Å². The van der Waals surface area contributed by atoms with Gasteiger partial charge in [0.25, 0.3) is 0 Å². The van der Waals surface area contributed by atoms with Crippen LogP contribution in [0.15, 0.2) is 65.8 Å². The molecule has 2 aliphatic rings. The first-order valence-electron chi connectivity index (χ1n) is 9.02. The summed E-state index contributed by atoms with van der Waals surface area (Å²) in [4.78, 5) is 0. The van der Waals surface area contributed by atoms with Gasteiger partial charge in [0.05, 0.1) is 17.3 Å². The minimum absolute atomic E-state index is 0.183. The molecule has 3 nitrogen and oxygen atoms in total. The summed E-state index contributed by atoms with van der Waals surface area (Å²) in [6, 6.07) is 16.0. The van der Waals surface area contributed by atoms with Crippen molar-refractivity contribution in [2.75, 3.05) is 0 Å². The molecule has 3 aromatic rings. The number of benzene rings is 3. The first kappa shape index (κ1) is 18.4. The van der Waals surface area contributed by atoms with Crippen LogP contribution in [0.1, 0.15) is 35.4 Å². The number of hydrazone groups is 1. The Balaban J connectivity index is 1.62. The molecule has 0 bridgehead atoms. The molecule has 0 aliphatic carbocycles. The molecule has 29 heavy (non-hydrogen) atoms. The highest BCUT2D eigenvalue weighted by molar-refractivity contribution is 6.31. The van der Waals surface area contributed by atoms with Gasteiger partial charge in [0.15, 0.2) is 0 Å². The molecule has 2 unspecified atom stereocenters. The van der Waals surface area contributed by atoms with Gasteiger partial charge in [-0.2, -0.15) is 5.10 Å². The molecule has 5 rings (SSSR count). The van der Waals surface area contributed by atoms with Crippen molar-refractivity contribution in [2.24, 2.45) is 5.10 Å². The highest BCUT2D eigenvalue weighted by Gasteiger charge is 2.42. The van der Waals surface area contributed by atoms with E-state index >= 15 is 0 Å². The zero-order chi connectivity index (χ0) is 20.1. The van der Waals surface area contributed by atoms with E-state index in [2.05, 4.69) is 0 Å². The van der Waals surface area contributed by atoms with Crippen molar-refractivity contribution < 1.29 is 13.5 Å². The van der Waals surface area contributed by atoms with E-state index in [1.807, 2.05) is 18.2 Å². The van der Waals surface area contributed by atoms with Crippen molar-refractivity contribution in [3.63, 3.8) is 0 Å². The number of ether oxygens (including phenoxy) is 1. The molecule has 3 aromatic carbocycles. The van der Waals surface area contributed by atoms with Crippen LogP contribution in [0.25, 0.3) is 0 Å². The third-order valence-corrected chi connectivity index (χ3v) is 5.64. The zero-order valence-electron chi connectivity index (χ0n) is 14.9. The second-order valence-corrected chi connectivity index (χ2v) is 7.84. The molecule has 0 aromatic heterocycles. The normalized spacial score (nSPS) is 20.0. The van der Waals surface area contributed by atoms with Crippen molar-refractivity contribution in [1.29, 1.82) is 0 Å². The minimum Gasteiger partial charge on any atom is -0.464 e. The number of fused-ring (bicyclic) bond motifs is 3. The highest BCUT2D eigenvalue weighted by atomic mass is 35.5. The summed E-state index contributed by atoms with van der Waals surface area (Å²) < 4.78 is 34.1. The van der Waals surface area contributed by atoms with Crippen molar-refractivity contribution in [3.05, 3.63) is 99.0 Å². The maximum Gasteiger partial charge on any atom is 0.216 e. The number of halogens is 4. The first-order chi connectivity index (χ1) is 14.0. The van der Waals surface area contributed by atoms with Crippen molar-refractivity contribution in [1.82, 2.24) is 5.01 Å². The van der Waals surface area contributed by atoms with Crippen LogP contribution in [0.5, 0.6) is 5.75 Å². The quantitative estimate of drug-likeness (QED) is 0.462. The molecule has 0 N–H and O–H groups in total. The van der Waals surface area contributed by atoms with E-state index in [-0.39, 0.29) is 11.6 Å². The standard InChI is InChI=1S/C22H14Cl2F2N2O/c23-13-3-1-12(2-4-13)19-11-20-17-9-14(24)5-8-21(17)29-22(28(20)27-19)16-7-6-15(25)10-18(16)26/h1-10,20,22H,11H2. The van der Waals surface area contributed by atoms with E-state index in [9.17, 15) is 8.78 Å². The molecule has 0 radical (unpaired) electrons. The summed E-state index contributed by atoms with van der Waals surface area (Å²) >= 11 is 12.2. The summed E-state index contributed by atoms with van der Waals surface area (Å²) in [6.45, 7) is 0. The topological polar surface area (TPSA) is 24.8 Å². The Labute approximate surface area is 176 Å². The van der Waals surface area contributed by atoms with Gasteiger partial charge in [-0.1, -0.05) is 35.3 Å². The summed E-state index contributed by atoms with van der Waals surface area (Å²) in [5.74, 6) is -0.712. The number of rotatable bonds is 2. The maximum absolute atomic E-state index is 14.6. The van der Waals surface area contributed by atoms with Gasteiger partial charge in [-0.15, -0.1) is 0 Å². The fourth-order valence-electron chi connectivity index (χ4n) is 3.78. The Morgan fingerprint density at radius 1 is 0.897 bits per heavy atom. The van der Waals surface area contributed by atoms with Crippen LogP contribution in [0.3, 0.4) is 0 Å². The van der Waals surface area contributed by atoms with Crippen LogP contribution >= 0.6 is 23.2 Å². The number of nitrogens with zero attached hydrogens (tertiary/aromatic N) is 2. The molecule has 0 amide bonds. The van der Waals surface area contributed by atoms with Crippen molar-refractivity contribution >= 4 is 28.9 Å². The molecule has 0 saturated heterocycles. The Kier molecular flexibility index (Phi) is 4.45. The first-order valence-corrected chi connectivity index (χ1v) is 9.78. The number of hydrogen-bond acceptors (Lipinski definition) is 3. The fourth-order valence-corrected chi connectivity index (χ4v) is 4.09. The monoisotopic (exact) mass is 430 g/mol. The molecule has 7 heteroatoms. The third-order valence-electron chi connectivity index (χ3n) is 5.16. The molecule has 0 fully saturated rings. The van der Waals surface area contributed by atoms with Crippen LogP contribution in [0.4, 0.5) is 8.78 Å². The van der Waals surface area contributed by atoms with Gasteiger partial charge in [-0.25, -0.2) is 13.8 Å². The molecule has 146 valence electrons. The third kappa shape index (κ3) is 3.24. The van der Waals surface area contributed by atoms with Gasteiger partial charge in [0, 0.05) is 28.1 Å². The van der Waals surface area contributed by atoms with Crippen LogP contribution in [0.2, 0.25) is 10.0 Å². The Morgan fingerprint density at radius 3 is 2.41 bits per heavy atom. The van der Waals surface area contributed by atoms with Gasteiger partial charge < -0.3 is 4.74 Å². The van der Waals surface area contributed by atoms with Gasteiger partial charge in [0.1, 0.15) is 17.4 Å². The Morgan fingerprint density at radius 2 is 1.66 bits per heavy atom. The molecule has 2 atom stereocenters. The summed E-state index contributed by atoms with van der Waals surface area (Å²) in [5.41, 5.74) is 2.85. The largest absolute Gasteiger partial charge is 0.464 e. The summed E-state index contributed by atoms with van der Waals surface area (Å²) in [7, 11) is 0. The van der Waals surface area contributed by atoms with E-state index in [0.717, 1.165) is 22.9 Å². The smallest absolute Gasteiger partial charge is 0.216 e. The predicted molar refractivity (Wildman–Crippen MR) is 108 cm³/mol. The lowest BCUT2D eigenvalue weighted by molar-refractivity contribution is -0.0212. The van der Waals surface area contributed by atoms with E-state index in [4.69, 9.17) is 33.0 Å². The van der Waals surface area contributed by atoms with Crippen LogP contribution < -0.4 is 4.74 Å². The summed E-state index contributed by atoms with van der Waals surface area (Å²) in [6.07, 6.45) is -0.225. The fraction of sp³-hybridized carbons (Fsp3) is 0.136. The van der Waals surface area contributed by atoms with Crippen molar-refractivity contribution in [3.8, 4) is 5.75 Å². The van der Waals surface area contributed by atoms with Crippen LogP contribution in [-0.4, -0.2) is 10.7 Å². The second kappa shape index (κ2) is 7.01.